The number of hydrogen-bond donors (Lipinski definition) is 1. The molecule has 2 aromatic rings. The van der Waals surface area contributed by atoms with Crippen LogP contribution in [0, 0.1) is 17.8 Å². The molecule has 1 aromatic carbocycles. The van der Waals surface area contributed by atoms with Crippen molar-refractivity contribution in [1.29, 1.82) is 0 Å². The average molecular weight is 489 g/mol. The SMILES string of the molecule is C=CCn1c(SC(C)C(=O)NC(C)C2CC3CCC2C3)nnc1-c1ccc(Br)cc1. The van der Waals surface area contributed by atoms with E-state index in [0.717, 1.165) is 32.9 Å². The maximum atomic E-state index is 12.9. The maximum absolute atomic E-state index is 12.9. The molecule has 1 aromatic heterocycles. The van der Waals surface area contributed by atoms with Gasteiger partial charge in [-0.15, -0.1) is 16.8 Å². The van der Waals surface area contributed by atoms with Gasteiger partial charge in [-0.25, -0.2) is 0 Å². The smallest absolute Gasteiger partial charge is 0.233 e. The van der Waals surface area contributed by atoms with Crippen molar-refractivity contribution in [2.24, 2.45) is 17.8 Å². The molecule has 5 atom stereocenters. The fourth-order valence-electron chi connectivity index (χ4n) is 5.05. The summed E-state index contributed by atoms with van der Waals surface area (Å²) >= 11 is 4.92. The summed E-state index contributed by atoms with van der Waals surface area (Å²) in [6.07, 6.45) is 7.19. The van der Waals surface area contributed by atoms with Crippen molar-refractivity contribution < 1.29 is 4.79 Å². The summed E-state index contributed by atoms with van der Waals surface area (Å²) in [4.78, 5) is 12.9. The van der Waals surface area contributed by atoms with E-state index in [-0.39, 0.29) is 17.2 Å². The normalized spacial score (nSPS) is 24.6. The largest absolute Gasteiger partial charge is 0.352 e. The van der Waals surface area contributed by atoms with Crippen molar-refractivity contribution in [2.75, 3.05) is 0 Å². The first kappa shape index (κ1) is 21.6. The van der Waals surface area contributed by atoms with Gasteiger partial charge in [0.2, 0.25) is 5.91 Å². The molecule has 5 nitrogen and oxygen atoms in total. The molecular formula is C23H29BrN4OS. The molecular weight excluding hydrogens is 460 g/mol. The first-order valence-corrected chi connectivity index (χ1v) is 12.4. The van der Waals surface area contributed by atoms with Gasteiger partial charge < -0.3 is 5.32 Å². The molecule has 4 rings (SSSR count). The highest BCUT2D eigenvalue weighted by Crippen LogP contribution is 2.49. The maximum Gasteiger partial charge on any atom is 0.233 e. The fraction of sp³-hybridized carbons (Fsp3) is 0.522. The highest BCUT2D eigenvalue weighted by Gasteiger charge is 2.42. The van der Waals surface area contributed by atoms with Crippen molar-refractivity contribution in [3.8, 4) is 11.4 Å². The van der Waals surface area contributed by atoms with Crippen molar-refractivity contribution >= 4 is 33.6 Å². The summed E-state index contributed by atoms with van der Waals surface area (Å²) in [5.74, 6) is 3.19. The number of carbonyl (C=O) groups excluding carboxylic acids is 1. The van der Waals surface area contributed by atoms with Gasteiger partial charge in [-0.2, -0.15) is 0 Å². The van der Waals surface area contributed by atoms with Crippen LogP contribution in [-0.4, -0.2) is 32.0 Å². The average Bonchev–Trinajstić information content (AvgIpc) is 3.45. The predicted octanol–water partition coefficient (Wildman–Crippen LogP) is 5.32. The van der Waals surface area contributed by atoms with E-state index < -0.39 is 0 Å². The first-order chi connectivity index (χ1) is 14.5. The fourth-order valence-corrected chi connectivity index (χ4v) is 6.18. The minimum atomic E-state index is -0.239. The van der Waals surface area contributed by atoms with E-state index in [2.05, 4.69) is 44.9 Å². The van der Waals surface area contributed by atoms with Crippen LogP contribution in [0.5, 0.6) is 0 Å². The minimum Gasteiger partial charge on any atom is -0.352 e. The molecule has 0 radical (unpaired) electrons. The van der Waals surface area contributed by atoms with Gasteiger partial charge in [-0.05, 0) is 63.0 Å². The van der Waals surface area contributed by atoms with Gasteiger partial charge in [0.25, 0.3) is 0 Å². The Balaban J connectivity index is 1.43. The number of allylic oxidation sites excluding steroid dienone is 1. The molecule has 1 N–H and O–H groups in total. The second-order valence-electron chi connectivity index (χ2n) is 8.61. The zero-order chi connectivity index (χ0) is 21.3. The molecule has 5 unspecified atom stereocenters. The number of nitrogens with one attached hydrogen (secondary N) is 1. The number of carbonyl (C=O) groups is 1. The summed E-state index contributed by atoms with van der Waals surface area (Å²) in [6, 6.07) is 8.23. The van der Waals surface area contributed by atoms with Crippen molar-refractivity contribution in [1.82, 2.24) is 20.1 Å². The van der Waals surface area contributed by atoms with Gasteiger partial charge >= 0.3 is 0 Å². The van der Waals surface area contributed by atoms with E-state index in [1.165, 1.54) is 37.4 Å². The number of fused-ring (bicyclic) bond motifs is 2. The minimum absolute atomic E-state index is 0.0774. The molecule has 0 spiro atoms. The van der Waals surface area contributed by atoms with Crippen molar-refractivity contribution in [3.63, 3.8) is 0 Å². The number of nitrogens with zero attached hydrogens (tertiary/aromatic N) is 3. The standard InChI is InChI=1S/C23H29BrN4OS/c1-4-11-28-21(17-7-9-19(24)10-8-17)26-27-23(28)30-15(3)22(29)25-14(2)20-13-16-5-6-18(20)12-16/h4,7-10,14-16,18,20H,1,5-6,11-13H2,2-3H3,(H,25,29). The molecule has 7 heteroatoms. The van der Waals surface area contributed by atoms with Crippen LogP contribution in [0.1, 0.15) is 39.5 Å². The lowest BCUT2D eigenvalue weighted by atomic mass is 9.84. The third-order valence-corrected chi connectivity index (χ3v) is 8.20. The van der Waals surface area contributed by atoms with Crippen LogP contribution in [-0.2, 0) is 11.3 Å². The molecule has 2 aliphatic rings. The number of benzene rings is 1. The van der Waals surface area contributed by atoms with Crippen LogP contribution in [0.3, 0.4) is 0 Å². The topological polar surface area (TPSA) is 59.8 Å². The van der Waals surface area contributed by atoms with Gasteiger partial charge in [-0.1, -0.05) is 52.3 Å². The summed E-state index contributed by atoms with van der Waals surface area (Å²) in [5, 5.41) is 12.6. The molecule has 2 bridgehead atoms. The number of thioether (sulfide) groups is 1. The van der Waals surface area contributed by atoms with Crippen molar-refractivity contribution in [2.45, 2.75) is 62.5 Å². The summed E-state index contributed by atoms with van der Waals surface area (Å²) < 4.78 is 3.04. The van der Waals surface area contributed by atoms with Crippen LogP contribution in [0.15, 0.2) is 46.5 Å². The monoisotopic (exact) mass is 488 g/mol. The summed E-state index contributed by atoms with van der Waals surface area (Å²) in [5.41, 5.74) is 0.987. The Kier molecular flexibility index (Phi) is 6.68. The van der Waals surface area contributed by atoms with Crippen molar-refractivity contribution in [3.05, 3.63) is 41.4 Å². The highest BCUT2D eigenvalue weighted by atomic mass is 79.9. The third kappa shape index (κ3) is 4.52. The van der Waals surface area contributed by atoms with Crippen LogP contribution in [0.2, 0.25) is 0 Å². The quantitative estimate of drug-likeness (QED) is 0.403. The zero-order valence-electron chi connectivity index (χ0n) is 17.6. The van der Waals surface area contributed by atoms with Gasteiger partial charge in [0.1, 0.15) is 0 Å². The number of amides is 1. The van der Waals surface area contributed by atoms with E-state index in [9.17, 15) is 4.79 Å². The van der Waals surface area contributed by atoms with E-state index in [1.807, 2.05) is 41.8 Å². The molecule has 2 saturated carbocycles. The first-order valence-electron chi connectivity index (χ1n) is 10.7. The van der Waals surface area contributed by atoms with Crippen LogP contribution in [0.4, 0.5) is 0 Å². The predicted molar refractivity (Wildman–Crippen MR) is 125 cm³/mol. The van der Waals surface area contributed by atoms with E-state index >= 15 is 0 Å². The Morgan fingerprint density at radius 3 is 2.70 bits per heavy atom. The summed E-state index contributed by atoms with van der Waals surface area (Å²) in [6.45, 7) is 8.58. The molecule has 30 heavy (non-hydrogen) atoms. The molecule has 0 saturated heterocycles. The Morgan fingerprint density at radius 2 is 2.07 bits per heavy atom. The second-order valence-corrected chi connectivity index (χ2v) is 10.8. The number of aromatic nitrogens is 3. The molecule has 0 aliphatic heterocycles. The van der Waals surface area contributed by atoms with E-state index in [4.69, 9.17) is 0 Å². The Hall–Kier alpha value is -1.60. The van der Waals surface area contributed by atoms with Crippen LogP contribution in [0.25, 0.3) is 11.4 Å². The molecule has 1 amide bonds. The number of hydrogen-bond acceptors (Lipinski definition) is 4. The summed E-state index contributed by atoms with van der Waals surface area (Å²) in [7, 11) is 0. The van der Waals surface area contributed by atoms with Crippen LogP contribution >= 0.6 is 27.7 Å². The molecule has 160 valence electrons. The molecule has 1 heterocycles. The number of rotatable bonds is 8. The molecule has 2 aliphatic carbocycles. The Morgan fingerprint density at radius 1 is 1.30 bits per heavy atom. The van der Waals surface area contributed by atoms with Crippen LogP contribution < -0.4 is 5.32 Å². The van der Waals surface area contributed by atoms with Gasteiger partial charge in [0.05, 0.1) is 5.25 Å². The zero-order valence-corrected chi connectivity index (χ0v) is 20.0. The number of halogens is 1. The lowest BCUT2D eigenvalue weighted by Crippen LogP contribution is -2.43. The van der Waals surface area contributed by atoms with Gasteiger partial charge in [0, 0.05) is 22.6 Å². The van der Waals surface area contributed by atoms with Gasteiger partial charge in [-0.3, -0.25) is 9.36 Å². The van der Waals surface area contributed by atoms with E-state index in [0.29, 0.717) is 12.5 Å². The van der Waals surface area contributed by atoms with Gasteiger partial charge in [0.15, 0.2) is 11.0 Å². The lowest BCUT2D eigenvalue weighted by Gasteiger charge is -2.29. The molecule has 2 fully saturated rings. The Labute approximate surface area is 191 Å². The second kappa shape index (κ2) is 9.27. The third-order valence-electron chi connectivity index (χ3n) is 6.59. The Bertz CT molecular complexity index is 912. The highest BCUT2D eigenvalue weighted by molar-refractivity contribution is 9.10. The lowest BCUT2D eigenvalue weighted by molar-refractivity contribution is -0.121. The van der Waals surface area contributed by atoms with E-state index in [1.54, 1.807) is 0 Å².